The van der Waals surface area contributed by atoms with Crippen LogP contribution in [0.5, 0.6) is 0 Å². The molecule has 0 unspecified atom stereocenters. The third-order valence-corrected chi connectivity index (χ3v) is 10.5. The Morgan fingerprint density at radius 2 is 0.804 bits per heavy atom. The van der Waals surface area contributed by atoms with Gasteiger partial charge in [-0.2, -0.15) is 0 Å². The van der Waals surface area contributed by atoms with Crippen molar-refractivity contribution in [3.8, 4) is 54.3 Å². The molecule has 0 amide bonds. The first kappa shape index (κ1) is 26.9. The van der Waals surface area contributed by atoms with Gasteiger partial charge in [-0.1, -0.05) is 121 Å². The van der Waals surface area contributed by atoms with E-state index in [4.69, 9.17) is 0 Å². The number of hydrogen-bond donors (Lipinski definition) is 0. The zero-order valence-corrected chi connectivity index (χ0v) is 26.4. The van der Waals surface area contributed by atoms with Crippen LogP contribution in [0.4, 0.5) is 0 Å². The van der Waals surface area contributed by atoms with Crippen LogP contribution < -0.4 is 0 Å². The summed E-state index contributed by atoms with van der Waals surface area (Å²) < 4.78 is 0. The summed E-state index contributed by atoms with van der Waals surface area (Å²) in [7, 11) is 0. The van der Waals surface area contributed by atoms with E-state index in [1.54, 1.807) is 22.7 Å². The Hall–Kier alpha value is -5.42. The fourth-order valence-electron chi connectivity index (χ4n) is 6.67. The molecule has 0 aliphatic carbocycles. The van der Waals surface area contributed by atoms with E-state index in [9.17, 15) is 0 Å². The van der Waals surface area contributed by atoms with Crippen LogP contribution in [-0.4, -0.2) is 9.97 Å². The van der Waals surface area contributed by atoms with E-state index in [0.717, 1.165) is 0 Å². The highest BCUT2D eigenvalue weighted by Gasteiger charge is 2.18. The second-order valence-electron chi connectivity index (χ2n) is 11.5. The number of fused-ring (bicyclic) bond motifs is 3. The fourth-order valence-corrected chi connectivity index (χ4v) is 7.93. The van der Waals surface area contributed by atoms with Gasteiger partial charge >= 0.3 is 0 Å². The number of aromatic nitrogens is 2. The molecule has 2 heterocycles. The fraction of sp³-hybridized carbons (Fsp3) is 0. The molecule has 0 bridgehead atoms. The highest BCUT2D eigenvalue weighted by molar-refractivity contribution is 7.13. The number of nitrogens with zero attached hydrogens (tertiary/aromatic N) is 2. The van der Waals surface area contributed by atoms with Gasteiger partial charge in [0.15, 0.2) is 0 Å². The Kier molecular flexibility index (Phi) is 6.55. The number of benzene rings is 7. The van der Waals surface area contributed by atoms with Gasteiger partial charge < -0.3 is 0 Å². The minimum Gasteiger partial charge on any atom is -0.252 e. The Bertz CT molecular complexity index is 2490. The molecule has 216 valence electrons. The standard InChI is InChI=1S/C42H26N2S2/c1-2-6-32-21-33(18-9-27(32)5-1)34-19-20-37-38(22-34)42(31-16-12-29(13-17-31)40-24-44-26-46-40)36-8-4-3-7-35(36)41(37)30-14-10-28(11-15-30)39-23-43-25-45-39/h1-26H. The normalized spacial score (nSPS) is 11.5. The molecule has 0 aliphatic heterocycles. The van der Waals surface area contributed by atoms with E-state index >= 15 is 0 Å². The lowest BCUT2D eigenvalue weighted by Gasteiger charge is -2.19. The Morgan fingerprint density at radius 1 is 0.348 bits per heavy atom. The predicted octanol–water partition coefficient (Wildman–Crippen LogP) is 12.4. The molecule has 46 heavy (non-hydrogen) atoms. The minimum atomic E-state index is 1.18. The van der Waals surface area contributed by atoms with Crippen LogP contribution in [0.2, 0.25) is 0 Å². The summed E-state index contributed by atoms with van der Waals surface area (Å²) in [6.07, 6.45) is 3.88. The van der Waals surface area contributed by atoms with Crippen LogP contribution in [0, 0.1) is 0 Å². The SMILES string of the molecule is c1ccc2cc(-c3ccc4c(-c5ccc(-c6cncs6)cc5)c5ccccc5c(-c5ccc(-c6cncs6)cc5)c4c3)ccc2c1. The van der Waals surface area contributed by atoms with Gasteiger partial charge in [0.05, 0.1) is 20.8 Å². The average molecular weight is 623 g/mol. The summed E-state index contributed by atoms with van der Waals surface area (Å²) in [6.45, 7) is 0. The summed E-state index contributed by atoms with van der Waals surface area (Å²) in [5, 5.41) is 7.49. The maximum absolute atomic E-state index is 4.29. The molecule has 0 radical (unpaired) electrons. The number of thiazole rings is 2. The van der Waals surface area contributed by atoms with Crippen LogP contribution in [0.25, 0.3) is 86.6 Å². The summed E-state index contributed by atoms with van der Waals surface area (Å²) in [4.78, 5) is 10.9. The Labute approximate surface area is 274 Å². The molecule has 0 spiro atoms. The van der Waals surface area contributed by atoms with Crippen molar-refractivity contribution in [2.24, 2.45) is 0 Å². The molecule has 9 aromatic rings. The molecule has 2 aromatic heterocycles. The van der Waals surface area contributed by atoms with E-state index in [-0.39, 0.29) is 0 Å². The zero-order valence-electron chi connectivity index (χ0n) is 24.7. The van der Waals surface area contributed by atoms with Crippen molar-refractivity contribution in [2.45, 2.75) is 0 Å². The molecule has 0 aliphatic rings. The summed E-state index contributed by atoms with van der Waals surface area (Å²) in [6, 6.07) is 49.2. The first-order valence-corrected chi connectivity index (χ1v) is 17.0. The summed E-state index contributed by atoms with van der Waals surface area (Å²) >= 11 is 3.34. The maximum atomic E-state index is 4.29. The Morgan fingerprint density at radius 3 is 1.39 bits per heavy atom. The van der Waals surface area contributed by atoms with Crippen molar-refractivity contribution in [2.75, 3.05) is 0 Å². The molecule has 0 fully saturated rings. The minimum absolute atomic E-state index is 1.18. The van der Waals surface area contributed by atoms with Gasteiger partial charge in [-0.3, -0.25) is 9.97 Å². The second kappa shape index (κ2) is 11.2. The summed E-state index contributed by atoms with van der Waals surface area (Å²) in [5.74, 6) is 0. The lowest BCUT2D eigenvalue weighted by molar-refractivity contribution is 1.42. The molecule has 4 heteroatoms. The third-order valence-electron chi connectivity index (χ3n) is 8.89. The molecule has 9 rings (SSSR count). The van der Waals surface area contributed by atoms with Gasteiger partial charge in [0.1, 0.15) is 0 Å². The van der Waals surface area contributed by atoms with Crippen molar-refractivity contribution in [3.63, 3.8) is 0 Å². The average Bonchev–Trinajstić information content (AvgIpc) is 3.87. The van der Waals surface area contributed by atoms with Crippen LogP contribution in [-0.2, 0) is 0 Å². The predicted molar refractivity (Wildman–Crippen MR) is 197 cm³/mol. The van der Waals surface area contributed by atoms with Crippen molar-refractivity contribution in [1.29, 1.82) is 0 Å². The quantitative estimate of drug-likeness (QED) is 0.178. The van der Waals surface area contributed by atoms with Gasteiger partial charge in [0, 0.05) is 12.4 Å². The number of rotatable bonds is 5. The van der Waals surface area contributed by atoms with Crippen LogP contribution >= 0.6 is 22.7 Å². The maximum Gasteiger partial charge on any atom is 0.0797 e. The molecule has 0 saturated heterocycles. The first-order valence-electron chi connectivity index (χ1n) is 15.3. The highest BCUT2D eigenvalue weighted by atomic mass is 32.1. The van der Waals surface area contributed by atoms with Gasteiger partial charge in [0.25, 0.3) is 0 Å². The zero-order chi connectivity index (χ0) is 30.5. The van der Waals surface area contributed by atoms with Gasteiger partial charge in [0.2, 0.25) is 0 Å². The van der Waals surface area contributed by atoms with Crippen molar-refractivity contribution in [3.05, 3.63) is 157 Å². The number of hydrogen-bond acceptors (Lipinski definition) is 4. The molecule has 2 nitrogen and oxygen atoms in total. The van der Waals surface area contributed by atoms with Gasteiger partial charge in [-0.05, 0) is 89.0 Å². The monoisotopic (exact) mass is 622 g/mol. The van der Waals surface area contributed by atoms with Gasteiger partial charge in [-0.25, -0.2) is 0 Å². The lowest BCUT2D eigenvalue weighted by atomic mass is 9.84. The van der Waals surface area contributed by atoms with E-state index < -0.39 is 0 Å². The van der Waals surface area contributed by atoms with Crippen molar-refractivity contribution < 1.29 is 0 Å². The lowest BCUT2D eigenvalue weighted by Crippen LogP contribution is -1.92. The molecule has 0 saturated carbocycles. The highest BCUT2D eigenvalue weighted by Crippen LogP contribution is 2.45. The molecular formula is C42H26N2S2. The molecule has 0 N–H and O–H groups in total. The third kappa shape index (κ3) is 4.62. The first-order chi connectivity index (χ1) is 22.8. The van der Waals surface area contributed by atoms with E-state index in [1.807, 2.05) is 23.4 Å². The van der Waals surface area contributed by atoms with Crippen molar-refractivity contribution >= 4 is 55.0 Å². The van der Waals surface area contributed by atoms with E-state index in [1.165, 1.54) is 86.6 Å². The second-order valence-corrected chi connectivity index (χ2v) is 13.3. The Balaban J connectivity index is 1.31. The van der Waals surface area contributed by atoms with Crippen LogP contribution in [0.15, 0.2) is 157 Å². The van der Waals surface area contributed by atoms with Crippen LogP contribution in [0.3, 0.4) is 0 Å². The van der Waals surface area contributed by atoms with Crippen LogP contribution in [0.1, 0.15) is 0 Å². The summed E-state index contributed by atoms with van der Waals surface area (Å²) in [5.41, 5.74) is 13.5. The largest absolute Gasteiger partial charge is 0.252 e. The molecular weight excluding hydrogens is 597 g/mol. The van der Waals surface area contributed by atoms with Crippen molar-refractivity contribution in [1.82, 2.24) is 9.97 Å². The molecule has 7 aromatic carbocycles. The van der Waals surface area contributed by atoms with Gasteiger partial charge in [-0.15, -0.1) is 22.7 Å². The topological polar surface area (TPSA) is 25.8 Å². The van der Waals surface area contributed by atoms with E-state index in [2.05, 4.69) is 143 Å². The molecule has 0 atom stereocenters. The smallest absolute Gasteiger partial charge is 0.0797 e. The van der Waals surface area contributed by atoms with E-state index in [0.29, 0.717) is 0 Å².